The van der Waals surface area contributed by atoms with Gasteiger partial charge in [-0.1, -0.05) is 12.2 Å². The Morgan fingerprint density at radius 2 is 1.79 bits per heavy atom. The van der Waals surface area contributed by atoms with Crippen LogP contribution in [0.1, 0.15) is 19.3 Å². The largest absolute Gasteiger partial charge is 0.428 e. The van der Waals surface area contributed by atoms with E-state index in [9.17, 15) is 0 Å². The normalized spacial score (nSPS) is 10.6. The van der Waals surface area contributed by atoms with Crippen LogP contribution in [0, 0.1) is 5.92 Å². The van der Waals surface area contributed by atoms with Crippen LogP contribution in [0.3, 0.4) is 0 Å². The molecule has 0 bridgehead atoms. The van der Waals surface area contributed by atoms with E-state index in [0.29, 0.717) is 5.92 Å². The lowest BCUT2D eigenvalue weighted by molar-refractivity contribution is 0.0911. The van der Waals surface area contributed by atoms with E-state index in [1.165, 1.54) is 0 Å². The zero-order valence-electron chi connectivity index (χ0n) is 9.21. The van der Waals surface area contributed by atoms with Crippen LogP contribution in [0.4, 0.5) is 0 Å². The highest BCUT2D eigenvalue weighted by molar-refractivity contribution is 5.97. The van der Waals surface area contributed by atoms with E-state index >= 15 is 0 Å². The maximum atomic E-state index is 5.54. The molecular formula is C11H22O2Si. The van der Waals surface area contributed by atoms with Crippen LogP contribution in [-0.2, 0) is 9.16 Å². The van der Waals surface area contributed by atoms with E-state index in [0.717, 1.165) is 49.6 Å². The molecule has 0 saturated carbocycles. The average molecular weight is 214 g/mol. The summed E-state index contributed by atoms with van der Waals surface area (Å²) >= 11 is 0. The quantitative estimate of drug-likeness (QED) is 0.311. The molecule has 0 atom stereocenters. The molecule has 0 radical (unpaired) electrons. The molecule has 0 aromatic heterocycles. The predicted octanol–water partition coefficient (Wildman–Crippen LogP) is 1.46. The van der Waals surface area contributed by atoms with E-state index in [-0.39, 0.29) is 0 Å². The highest BCUT2D eigenvalue weighted by Crippen LogP contribution is 2.10. The van der Waals surface area contributed by atoms with Crippen LogP contribution in [0.25, 0.3) is 0 Å². The minimum Gasteiger partial charge on any atom is -0.428 e. The molecule has 14 heavy (non-hydrogen) atoms. The van der Waals surface area contributed by atoms with Crippen LogP contribution in [0.15, 0.2) is 25.3 Å². The zero-order chi connectivity index (χ0) is 10.6. The monoisotopic (exact) mass is 214 g/mol. The molecule has 0 saturated heterocycles. The van der Waals surface area contributed by atoms with Crippen LogP contribution >= 0.6 is 0 Å². The standard InChI is InChI=1S/C11H22O2Si/c1-3-6-11(7-4-2)10-12-8-5-9-13-14/h3-4,11H,1-2,5-10H2,14H3. The SMILES string of the molecule is C=CCC(CC=C)COCCCO[SiH3]. The molecule has 2 nitrogen and oxygen atoms in total. The molecule has 0 N–H and O–H groups in total. The minimum absolute atomic E-state index is 0.543. The fourth-order valence-corrected chi connectivity index (χ4v) is 1.55. The highest BCUT2D eigenvalue weighted by atomic mass is 28.2. The van der Waals surface area contributed by atoms with Crippen molar-refractivity contribution in [3.63, 3.8) is 0 Å². The molecule has 0 unspecified atom stereocenters. The number of hydrogen-bond acceptors (Lipinski definition) is 2. The summed E-state index contributed by atoms with van der Waals surface area (Å²) in [6, 6.07) is 0. The van der Waals surface area contributed by atoms with Crippen molar-refractivity contribution in [1.29, 1.82) is 0 Å². The summed E-state index contributed by atoms with van der Waals surface area (Å²) in [5.74, 6) is 0.543. The molecule has 0 rings (SSSR count). The van der Waals surface area contributed by atoms with Gasteiger partial charge >= 0.3 is 0 Å². The van der Waals surface area contributed by atoms with Crippen molar-refractivity contribution in [1.82, 2.24) is 0 Å². The van der Waals surface area contributed by atoms with Crippen molar-refractivity contribution in [3.8, 4) is 0 Å². The van der Waals surface area contributed by atoms with Crippen LogP contribution in [-0.4, -0.2) is 30.3 Å². The van der Waals surface area contributed by atoms with Crippen molar-refractivity contribution in [2.45, 2.75) is 19.3 Å². The van der Waals surface area contributed by atoms with E-state index in [2.05, 4.69) is 13.2 Å². The number of hydrogen-bond donors (Lipinski definition) is 0. The molecule has 82 valence electrons. The maximum Gasteiger partial charge on any atom is 0.145 e. The summed E-state index contributed by atoms with van der Waals surface area (Å²) in [4.78, 5) is 0. The second kappa shape index (κ2) is 10.7. The zero-order valence-corrected chi connectivity index (χ0v) is 11.2. The molecule has 0 heterocycles. The van der Waals surface area contributed by atoms with Gasteiger partial charge in [0.2, 0.25) is 0 Å². The smallest absolute Gasteiger partial charge is 0.145 e. The number of ether oxygens (including phenoxy) is 1. The first-order valence-electron chi connectivity index (χ1n) is 5.13. The molecule has 0 aromatic rings. The third-order valence-electron chi connectivity index (χ3n) is 1.99. The topological polar surface area (TPSA) is 18.5 Å². The first-order chi connectivity index (χ1) is 6.85. The Hall–Kier alpha value is -0.383. The van der Waals surface area contributed by atoms with Gasteiger partial charge < -0.3 is 9.16 Å². The van der Waals surface area contributed by atoms with Gasteiger partial charge in [-0.2, -0.15) is 0 Å². The lowest BCUT2D eigenvalue weighted by atomic mass is 10.0. The molecular weight excluding hydrogens is 192 g/mol. The van der Waals surface area contributed by atoms with Gasteiger partial charge in [0.25, 0.3) is 0 Å². The maximum absolute atomic E-state index is 5.54. The second-order valence-corrected chi connectivity index (χ2v) is 3.91. The van der Waals surface area contributed by atoms with Gasteiger partial charge in [-0.3, -0.25) is 0 Å². The molecule has 0 aliphatic carbocycles. The van der Waals surface area contributed by atoms with Crippen LogP contribution in [0.5, 0.6) is 0 Å². The average Bonchev–Trinajstić information content (AvgIpc) is 2.18. The van der Waals surface area contributed by atoms with Gasteiger partial charge in [0, 0.05) is 19.8 Å². The van der Waals surface area contributed by atoms with Crippen molar-refractivity contribution < 1.29 is 9.16 Å². The van der Waals surface area contributed by atoms with Gasteiger partial charge in [-0.25, -0.2) is 0 Å². The summed E-state index contributed by atoms with van der Waals surface area (Å²) in [6.07, 6.45) is 6.89. The summed E-state index contributed by atoms with van der Waals surface area (Å²) in [5, 5.41) is 0. The summed E-state index contributed by atoms with van der Waals surface area (Å²) < 4.78 is 10.6. The van der Waals surface area contributed by atoms with Crippen molar-refractivity contribution >= 4 is 10.5 Å². The minimum atomic E-state index is 0.543. The molecule has 0 aliphatic heterocycles. The van der Waals surface area contributed by atoms with E-state index < -0.39 is 0 Å². The molecule has 0 fully saturated rings. The Morgan fingerprint density at radius 1 is 1.14 bits per heavy atom. The first-order valence-corrected chi connectivity index (χ1v) is 5.95. The van der Waals surface area contributed by atoms with Gasteiger partial charge in [0.15, 0.2) is 0 Å². The lowest BCUT2D eigenvalue weighted by Gasteiger charge is -2.12. The third kappa shape index (κ3) is 8.23. The second-order valence-electron chi connectivity index (χ2n) is 3.34. The van der Waals surface area contributed by atoms with Crippen LogP contribution in [0.2, 0.25) is 0 Å². The highest BCUT2D eigenvalue weighted by Gasteiger charge is 2.04. The van der Waals surface area contributed by atoms with E-state index in [4.69, 9.17) is 9.16 Å². The Morgan fingerprint density at radius 3 is 2.29 bits per heavy atom. The fourth-order valence-electron chi connectivity index (χ4n) is 1.26. The third-order valence-corrected chi connectivity index (χ3v) is 2.40. The summed E-state index contributed by atoms with van der Waals surface area (Å²) in [7, 11) is 0.824. The van der Waals surface area contributed by atoms with Gasteiger partial charge in [-0.05, 0) is 25.2 Å². The lowest BCUT2D eigenvalue weighted by Crippen LogP contribution is -2.10. The Balaban J connectivity index is 3.39. The summed E-state index contributed by atoms with van der Waals surface area (Å²) in [5.41, 5.74) is 0. The first kappa shape index (κ1) is 13.6. The number of rotatable bonds is 10. The Bertz CT molecular complexity index is 138. The van der Waals surface area contributed by atoms with Crippen molar-refractivity contribution in [2.75, 3.05) is 19.8 Å². The molecule has 3 heteroatoms. The Labute approximate surface area is 90.5 Å². The number of allylic oxidation sites excluding steroid dienone is 2. The molecule has 0 aromatic carbocycles. The van der Waals surface area contributed by atoms with E-state index in [1.54, 1.807) is 0 Å². The van der Waals surface area contributed by atoms with Crippen LogP contribution < -0.4 is 0 Å². The predicted molar refractivity (Wildman–Crippen MR) is 64.4 cm³/mol. The fraction of sp³-hybridized carbons (Fsp3) is 0.636. The molecule has 0 amide bonds. The Kier molecular flexibility index (Phi) is 10.4. The van der Waals surface area contributed by atoms with Gasteiger partial charge in [-0.15, -0.1) is 13.2 Å². The van der Waals surface area contributed by atoms with Crippen molar-refractivity contribution in [3.05, 3.63) is 25.3 Å². The summed E-state index contributed by atoms with van der Waals surface area (Å²) in [6.45, 7) is 9.91. The van der Waals surface area contributed by atoms with Gasteiger partial charge in [0.1, 0.15) is 10.5 Å². The molecule has 0 aliphatic rings. The van der Waals surface area contributed by atoms with Gasteiger partial charge in [0.05, 0.1) is 0 Å². The molecule has 0 spiro atoms. The van der Waals surface area contributed by atoms with E-state index in [1.807, 2.05) is 12.2 Å². The van der Waals surface area contributed by atoms with Crippen molar-refractivity contribution in [2.24, 2.45) is 5.92 Å².